The largest absolute Gasteiger partial charge is 0.478 e. The number of carboxylic acids is 2. The Balaban J connectivity index is 1.64. The summed E-state index contributed by atoms with van der Waals surface area (Å²) in [6.45, 7) is 0. The summed E-state index contributed by atoms with van der Waals surface area (Å²) in [6, 6.07) is 12.2. The molecule has 0 spiro atoms. The van der Waals surface area contributed by atoms with Crippen LogP contribution in [0.25, 0.3) is 0 Å². The molecule has 3 rings (SSSR count). The minimum Gasteiger partial charge on any atom is -0.478 e. The molecule has 0 aliphatic heterocycles. The molecule has 0 saturated heterocycles. The SMILES string of the molecule is O=C(O)c1ccc(C=Nc2nnc(N=Cc3ccc(C(=O)O)cc3)nn2)cc1. The number of rotatable bonds is 6. The Morgan fingerprint density at radius 2 is 0.964 bits per heavy atom. The molecule has 0 bridgehead atoms. The van der Waals surface area contributed by atoms with Crippen LogP contribution in [0.5, 0.6) is 0 Å². The second-order valence-corrected chi connectivity index (χ2v) is 5.37. The standard InChI is InChI=1S/C18H12N6O4/c25-15(26)13-5-1-11(2-6-13)9-19-17-21-23-18(24-22-17)20-10-12-3-7-14(8-4-12)16(27)28/h1-10H,(H,25,26)(H,27,28). The fourth-order valence-electron chi connectivity index (χ4n) is 2.01. The van der Waals surface area contributed by atoms with E-state index in [0.29, 0.717) is 11.1 Å². The first kappa shape index (κ1) is 18.5. The molecule has 0 radical (unpaired) electrons. The quantitative estimate of drug-likeness (QED) is 0.621. The lowest BCUT2D eigenvalue weighted by molar-refractivity contribution is 0.0686. The number of carboxylic acid groups (broad SMARTS) is 2. The summed E-state index contributed by atoms with van der Waals surface area (Å²) in [7, 11) is 0. The maximum atomic E-state index is 10.8. The zero-order chi connectivity index (χ0) is 19.9. The van der Waals surface area contributed by atoms with E-state index in [0.717, 1.165) is 0 Å². The average Bonchev–Trinajstić information content (AvgIpc) is 2.72. The van der Waals surface area contributed by atoms with Gasteiger partial charge < -0.3 is 10.2 Å². The molecule has 0 saturated carbocycles. The molecule has 0 fully saturated rings. The van der Waals surface area contributed by atoms with E-state index < -0.39 is 11.9 Å². The smallest absolute Gasteiger partial charge is 0.335 e. The Bertz CT molecular complexity index is 958. The van der Waals surface area contributed by atoms with Crippen molar-refractivity contribution in [3.05, 3.63) is 70.8 Å². The summed E-state index contributed by atoms with van der Waals surface area (Å²) in [6.07, 6.45) is 2.91. The van der Waals surface area contributed by atoms with Crippen molar-refractivity contribution in [2.75, 3.05) is 0 Å². The van der Waals surface area contributed by atoms with Crippen molar-refractivity contribution in [3.63, 3.8) is 0 Å². The summed E-state index contributed by atoms with van der Waals surface area (Å²) in [5.74, 6) is -1.97. The van der Waals surface area contributed by atoms with Gasteiger partial charge in [0.15, 0.2) is 0 Å². The van der Waals surface area contributed by atoms with Gasteiger partial charge in [-0.1, -0.05) is 24.3 Å². The lowest BCUT2D eigenvalue weighted by Gasteiger charge is -1.96. The van der Waals surface area contributed by atoms with E-state index >= 15 is 0 Å². The summed E-state index contributed by atoms with van der Waals surface area (Å²) >= 11 is 0. The Kier molecular flexibility index (Phi) is 5.51. The van der Waals surface area contributed by atoms with Gasteiger partial charge in [-0.25, -0.2) is 19.6 Å². The Labute approximate surface area is 158 Å². The van der Waals surface area contributed by atoms with Gasteiger partial charge in [0.05, 0.1) is 11.1 Å². The molecular weight excluding hydrogens is 364 g/mol. The van der Waals surface area contributed by atoms with Crippen LogP contribution in [0.4, 0.5) is 11.9 Å². The summed E-state index contributed by atoms with van der Waals surface area (Å²) in [4.78, 5) is 29.6. The van der Waals surface area contributed by atoms with Gasteiger partial charge in [0, 0.05) is 12.4 Å². The molecule has 3 aromatic rings. The third-order valence-corrected chi connectivity index (χ3v) is 3.43. The predicted octanol–water partition coefficient (Wildman–Crippen LogP) is 2.16. The second-order valence-electron chi connectivity index (χ2n) is 5.37. The van der Waals surface area contributed by atoms with E-state index in [1.807, 2.05) is 0 Å². The van der Waals surface area contributed by atoms with Gasteiger partial charge in [0.25, 0.3) is 11.9 Å². The maximum absolute atomic E-state index is 10.8. The van der Waals surface area contributed by atoms with E-state index in [-0.39, 0.29) is 23.0 Å². The fourth-order valence-corrected chi connectivity index (χ4v) is 2.01. The average molecular weight is 376 g/mol. The highest BCUT2D eigenvalue weighted by Crippen LogP contribution is 2.07. The molecule has 0 amide bonds. The summed E-state index contributed by atoms with van der Waals surface area (Å²) in [5.41, 5.74) is 1.69. The molecule has 0 aliphatic carbocycles. The zero-order valence-electron chi connectivity index (χ0n) is 14.2. The first-order valence-corrected chi connectivity index (χ1v) is 7.83. The van der Waals surface area contributed by atoms with E-state index in [4.69, 9.17) is 10.2 Å². The van der Waals surface area contributed by atoms with Crippen LogP contribution in [0, 0.1) is 0 Å². The van der Waals surface area contributed by atoms with Gasteiger partial charge in [-0.15, -0.1) is 20.4 Å². The molecule has 1 heterocycles. The van der Waals surface area contributed by atoms with E-state index in [9.17, 15) is 9.59 Å². The normalized spacial score (nSPS) is 11.1. The van der Waals surface area contributed by atoms with Crippen LogP contribution in [-0.4, -0.2) is 55.0 Å². The van der Waals surface area contributed by atoms with Crippen LogP contribution in [0.3, 0.4) is 0 Å². The van der Waals surface area contributed by atoms with Gasteiger partial charge in [0.2, 0.25) is 0 Å². The van der Waals surface area contributed by atoms with Crippen LogP contribution in [-0.2, 0) is 0 Å². The second kappa shape index (κ2) is 8.36. The molecule has 2 N–H and O–H groups in total. The fraction of sp³-hybridized carbons (Fsp3) is 0. The number of aliphatic imine (C=N–C) groups is 2. The highest BCUT2D eigenvalue weighted by atomic mass is 16.4. The third kappa shape index (κ3) is 4.85. The Hall–Kier alpha value is -4.34. The van der Waals surface area contributed by atoms with E-state index in [1.54, 1.807) is 24.3 Å². The number of benzene rings is 2. The van der Waals surface area contributed by atoms with Crippen LogP contribution >= 0.6 is 0 Å². The van der Waals surface area contributed by atoms with E-state index in [1.165, 1.54) is 36.7 Å². The predicted molar refractivity (Wildman–Crippen MR) is 98.9 cm³/mol. The molecule has 0 unspecified atom stereocenters. The molecule has 2 aromatic carbocycles. The lowest BCUT2D eigenvalue weighted by atomic mass is 10.1. The molecular formula is C18H12N6O4. The molecule has 1 aromatic heterocycles. The van der Waals surface area contributed by atoms with Crippen molar-refractivity contribution in [1.82, 2.24) is 20.4 Å². The number of hydrogen-bond donors (Lipinski definition) is 2. The molecule has 0 atom stereocenters. The number of carbonyl (C=O) groups is 2. The van der Waals surface area contributed by atoms with Gasteiger partial charge >= 0.3 is 11.9 Å². The number of nitrogens with zero attached hydrogens (tertiary/aromatic N) is 6. The van der Waals surface area contributed by atoms with Crippen LogP contribution in [0.1, 0.15) is 31.8 Å². The van der Waals surface area contributed by atoms with Crippen molar-refractivity contribution in [2.24, 2.45) is 9.98 Å². The van der Waals surface area contributed by atoms with E-state index in [2.05, 4.69) is 30.4 Å². The number of aromatic carboxylic acids is 2. The van der Waals surface area contributed by atoms with Crippen LogP contribution in [0.2, 0.25) is 0 Å². The Morgan fingerprint density at radius 3 is 1.25 bits per heavy atom. The Morgan fingerprint density at radius 1 is 0.643 bits per heavy atom. The topological polar surface area (TPSA) is 151 Å². The zero-order valence-corrected chi connectivity index (χ0v) is 14.2. The van der Waals surface area contributed by atoms with Gasteiger partial charge in [-0.3, -0.25) is 0 Å². The molecule has 10 heteroatoms. The van der Waals surface area contributed by atoms with Crippen molar-refractivity contribution in [3.8, 4) is 0 Å². The maximum Gasteiger partial charge on any atom is 0.335 e. The molecule has 138 valence electrons. The third-order valence-electron chi connectivity index (χ3n) is 3.43. The first-order valence-electron chi connectivity index (χ1n) is 7.83. The first-order chi connectivity index (χ1) is 13.5. The van der Waals surface area contributed by atoms with Crippen molar-refractivity contribution in [1.29, 1.82) is 0 Å². The monoisotopic (exact) mass is 376 g/mol. The highest BCUT2D eigenvalue weighted by molar-refractivity contribution is 5.90. The van der Waals surface area contributed by atoms with Crippen molar-refractivity contribution >= 4 is 36.3 Å². The lowest BCUT2D eigenvalue weighted by Crippen LogP contribution is -1.96. The van der Waals surface area contributed by atoms with Gasteiger partial charge in [-0.05, 0) is 35.4 Å². The molecule has 0 aliphatic rings. The minimum atomic E-state index is -1.01. The summed E-state index contributed by atoms with van der Waals surface area (Å²) in [5, 5.41) is 32.8. The van der Waals surface area contributed by atoms with Crippen molar-refractivity contribution < 1.29 is 19.8 Å². The highest BCUT2D eigenvalue weighted by Gasteiger charge is 2.02. The minimum absolute atomic E-state index is 0.0204. The summed E-state index contributed by atoms with van der Waals surface area (Å²) < 4.78 is 0. The van der Waals surface area contributed by atoms with Crippen molar-refractivity contribution in [2.45, 2.75) is 0 Å². The number of hydrogen-bond acceptors (Lipinski definition) is 8. The molecule has 10 nitrogen and oxygen atoms in total. The van der Waals surface area contributed by atoms with Gasteiger partial charge in [-0.2, -0.15) is 0 Å². The van der Waals surface area contributed by atoms with Crippen LogP contribution < -0.4 is 0 Å². The van der Waals surface area contributed by atoms with Gasteiger partial charge in [0.1, 0.15) is 0 Å². The molecule has 28 heavy (non-hydrogen) atoms. The van der Waals surface area contributed by atoms with Crippen LogP contribution in [0.15, 0.2) is 58.5 Å². The number of aromatic nitrogens is 4.